The fourth-order valence-corrected chi connectivity index (χ4v) is 4.90. The molecule has 128 valence electrons. The zero-order valence-corrected chi connectivity index (χ0v) is 15.5. The topological polar surface area (TPSA) is 51.0 Å². The van der Waals surface area contributed by atoms with Gasteiger partial charge in [-0.25, -0.2) is 0 Å². The first-order valence-electron chi connectivity index (χ1n) is 8.64. The van der Waals surface area contributed by atoms with Crippen LogP contribution in [0.15, 0.2) is 22.7 Å². The summed E-state index contributed by atoms with van der Waals surface area (Å²) in [6, 6.07) is 4.74. The standard InChI is InChI=1S/C17H22N4OS2/c1-12(16(22)20-8-2-3-9-20)24-17-19-18-15(21(17)13-6-7-13)11-14-5-4-10-23-14/h4-5,10,12-13H,2-3,6-9,11H2,1H3/t12-/m0/s1. The van der Waals surface area contributed by atoms with E-state index in [0.29, 0.717) is 6.04 Å². The monoisotopic (exact) mass is 362 g/mol. The van der Waals surface area contributed by atoms with E-state index in [1.165, 1.54) is 17.7 Å². The predicted octanol–water partition coefficient (Wildman–Crippen LogP) is 3.37. The number of nitrogens with zero attached hydrogens (tertiary/aromatic N) is 4. The number of aromatic nitrogens is 3. The van der Waals surface area contributed by atoms with Gasteiger partial charge in [-0.3, -0.25) is 4.79 Å². The number of hydrogen-bond donors (Lipinski definition) is 0. The molecule has 2 aromatic rings. The Balaban J connectivity index is 1.50. The summed E-state index contributed by atoms with van der Waals surface area (Å²) in [5, 5.41) is 11.8. The summed E-state index contributed by atoms with van der Waals surface area (Å²) in [4.78, 5) is 15.9. The molecule has 0 spiro atoms. The summed E-state index contributed by atoms with van der Waals surface area (Å²) >= 11 is 3.32. The van der Waals surface area contributed by atoms with Gasteiger partial charge in [0.1, 0.15) is 5.82 Å². The van der Waals surface area contributed by atoms with Crippen LogP contribution in [0.4, 0.5) is 0 Å². The van der Waals surface area contributed by atoms with E-state index in [1.807, 2.05) is 11.8 Å². The number of likely N-dealkylation sites (tertiary alicyclic amines) is 1. The van der Waals surface area contributed by atoms with Gasteiger partial charge in [0.25, 0.3) is 0 Å². The van der Waals surface area contributed by atoms with E-state index in [-0.39, 0.29) is 11.2 Å². The number of rotatable bonds is 6. The van der Waals surface area contributed by atoms with Gasteiger partial charge in [-0.1, -0.05) is 17.8 Å². The second-order valence-electron chi connectivity index (χ2n) is 6.55. The SMILES string of the molecule is C[C@H](Sc1nnc(Cc2cccs2)n1C1CC1)C(=O)N1CCCC1. The van der Waals surface area contributed by atoms with Gasteiger partial charge in [0.15, 0.2) is 5.16 Å². The van der Waals surface area contributed by atoms with E-state index in [4.69, 9.17) is 0 Å². The lowest BCUT2D eigenvalue weighted by Gasteiger charge is -2.19. The Hall–Kier alpha value is -1.34. The van der Waals surface area contributed by atoms with Crippen molar-refractivity contribution in [3.8, 4) is 0 Å². The molecular formula is C17H22N4OS2. The van der Waals surface area contributed by atoms with E-state index in [9.17, 15) is 4.79 Å². The second-order valence-corrected chi connectivity index (χ2v) is 8.89. The molecule has 7 heteroatoms. The highest BCUT2D eigenvalue weighted by molar-refractivity contribution is 8.00. The van der Waals surface area contributed by atoms with Crippen LogP contribution in [0.5, 0.6) is 0 Å². The summed E-state index contributed by atoms with van der Waals surface area (Å²) < 4.78 is 2.28. The molecular weight excluding hydrogens is 340 g/mol. The van der Waals surface area contributed by atoms with Crippen LogP contribution < -0.4 is 0 Å². The van der Waals surface area contributed by atoms with Gasteiger partial charge in [0, 0.05) is 30.4 Å². The third-order valence-electron chi connectivity index (χ3n) is 4.61. The van der Waals surface area contributed by atoms with Crippen LogP contribution in [0.3, 0.4) is 0 Å². The first kappa shape index (κ1) is 16.1. The first-order valence-corrected chi connectivity index (χ1v) is 10.4. The summed E-state index contributed by atoms with van der Waals surface area (Å²) in [5.41, 5.74) is 0. The third-order valence-corrected chi connectivity index (χ3v) is 6.53. The average molecular weight is 363 g/mol. The number of carbonyl (C=O) groups is 1. The van der Waals surface area contributed by atoms with Crippen molar-refractivity contribution in [1.82, 2.24) is 19.7 Å². The molecule has 3 heterocycles. The maximum atomic E-state index is 12.6. The highest BCUT2D eigenvalue weighted by Gasteiger charge is 2.32. The van der Waals surface area contributed by atoms with Gasteiger partial charge in [-0.2, -0.15) is 0 Å². The molecule has 2 fully saturated rings. The minimum Gasteiger partial charge on any atom is -0.342 e. The molecule has 0 N–H and O–H groups in total. The van der Waals surface area contributed by atoms with Crippen LogP contribution in [-0.2, 0) is 11.2 Å². The Bertz CT molecular complexity index is 702. The van der Waals surface area contributed by atoms with Crippen molar-refractivity contribution in [1.29, 1.82) is 0 Å². The molecule has 0 radical (unpaired) electrons. The molecule has 0 bridgehead atoms. The normalized spacial score (nSPS) is 19.0. The lowest BCUT2D eigenvalue weighted by molar-refractivity contribution is -0.129. The van der Waals surface area contributed by atoms with Gasteiger partial charge in [0.2, 0.25) is 5.91 Å². The molecule has 5 nitrogen and oxygen atoms in total. The van der Waals surface area contributed by atoms with Gasteiger partial charge >= 0.3 is 0 Å². The molecule has 24 heavy (non-hydrogen) atoms. The zero-order valence-electron chi connectivity index (χ0n) is 13.9. The van der Waals surface area contributed by atoms with Gasteiger partial charge in [-0.15, -0.1) is 21.5 Å². The second kappa shape index (κ2) is 6.88. The van der Waals surface area contributed by atoms with Crippen LogP contribution in [0.2, 0.25) is 0 Å². The quantitative estimate of drug-likeness (QED) is 0.739. The van der Waals surface area contributed by atoms with E-state index in [0.717, 1.165) is 43.3 Å². The van der Waals surface area contributed by atoms with E-state index >= 15 is 0 Å². The van der Waals surface area contributed by atoms with E-state index in [2.05, 4.69) is 32.3 Å². The molecule has 1 aliphatic carbocycles. The van der Waals surface area contributed by atoms with E-state index in [1.54, 1.807) is 23.1 Å². The molecule has 1 amide bonds. The van der Waals surface area contributed by atoms with Gasteiger partial charge in [-0.05, 0) is 44.1 Å². The minimum atomic E-state index is -0.0978. The van der Waals surface area contributed by atoms with Gasteiger partial charge in [0.05, 0.1) is 5.25 Å². The highest BCUT2D eigenvalue weighted by Crippen LogP contribution is 2.40. The van der Waals surface area contributed by atoms with Crippen molar-refractivity contribution in [2.24, 2.45) is 0 Å². The summed E-state index contributed by atoms with van der Waals surface area (Å²) in [7, 11) is 0. The Labute approximate surface area is 150 Å². The summed E-state index contributed by atoms with van der Waals surface area (Å²) in [6.07, 6.45) is 5.48. The van der Waals surface area contributed by atoms with Crippen LogP contribution in [-0.4, -0.2) is 43.9 Å². The molecule has 1 atom stereocenters. The van der Waals surface area contributed by atoms with Crippen molar-refractivity contribution < 1.29 is 4.79 Å². The molecule has 1 aliphatic heterocycles. The lowest BCUT2D eigenvalue weighted by Crippen LogP contribution is -2.34. The lowest BCUT2D eigenvalue weighted by atomic mass is 10.3. The fourth-order valence-electron chi connectivity index (χ4n) is 3.18. The number of carbonyl (C=O) groups excluding carboxylic acids is 1. The molecule has 1 saturated carbocycles. The largest absolute Gasteiger partial charge is 0.342 e. The van der Waals surface area contributed by atoms with E-state index < -0.39 is 0 Å². The van der Waals surface area contributed by atoms with Crippen molar-refractivity contribution in [3.63, 3.8) is 0 Å². The maximum absolute atomic E-state index is 12.6. The predicted molar refractivity (Wildman–Crippen MR) is 96.6 cm³/mol. The van der Waals surface area contributed by atoms with Crippen molar-refractivity contribution in [3.05, 3.63) is 28.2 Å². The number of hydrogen-bond acceptors (Lipinski definition) is 5. The van der Waals surface area contributed by atoms with Crippen molar-refractivity contribution in [2.75, 3.05) is 13.1 Å². The van der Waals surface area contributed by atoms with Crippen LogP contribution in [0.25, 0.3) is 0 Å². The average Bonchev–Trinajstić information content (AvgIpc) is 3.01. The Kier molecular flexibility index (Phi) is 4.63. The number of thiophene rings is 1. The molecule has 0 unspecified atom stereocenters. The zero-order chi connectivity index (χ0) is 16.5. The Morgan fingerprint density at radius 2 is 2.17 bits per heavy atom. The third kappa shape index (κ3) is 3.37. The molecule has 1 saturated heterocycles. The summed E-state index contributed by atoms with van der Waals surface area (Å²) in [5.74, 6) is 1.27. The molecule has 0 aromatic carbocycles. The smallest absolute Gasteiger partial charge is 0.235 e. The van der Waals surface area contributed by atoms with Crippen LogP contribution in [0.1, 0.15) is 49.4 Å². The molecule has 4 rings (SSSR count). The van der Waals surface area contributed by atoms with Crippen molar-refractivity contribution >= 4 is 29.0 Å². The highest BCUT2D eigenvalue weighted by atomic mass is 32.2. The Morgan fingerprint density at radius 1 is 1.38 bits per heavy atom. The fraction of sp³-hybridized carbons (Fsp3) is 0.588. The van der Waals surface area contributed by atoms with Crippen LogP contribution in [0, 0.1) is 0 Å². The Morgan fingerprint density at radius 3 is 2.83 bits per heavy atom. The number of thioether (sulfide) groups is 1. The van der Waals surface area contributed by atoms with Gasteiger partial charge < -0.3 is 9.47 Å². The maximum Gasteiger partial charge on any atom is 0.235 e. The number of amides is 1. The first-order chi connectivity index (χ1) is 11.7. The van der Waals surface area contributed by atoms with Crippen molar-refractivity contribution in [2.45, 2.75) is 55.5 Å². The van der Waals surface area contributed by atoms with Crippen LogP contribution >= 0.6 is 23.1 Å². The molecule has 2 aromatic heterocycles. The minimum absolute atomic E-state index is 0.0978. The summed E-state index contributed by atoms with van der Waals surface area (Å²) in [6.45, 7) is 3.81. The molecule has 2 aliphatic rings.